The van der Waals surface area contributed by atoms with Crippen molar-refractivity contribution in [2.75, 3.05) is 6.61 Å². The summed E-state index contributed by atoms with van der Waals surface area (Å²) in [5.41, 5.74) is 0. The van der Waals surface area contributed by atoms with Crippen molar-refractivity contribution in [1.29, 1.82) is 0 Å². The Kier molecular flexibility index (Phi) is 4.62. The van der Waals surface area contributed by atoms with E-state index in [-0.39, 0.29) is 10.6 Å². The Labute approximate surface area is 105 Å². The first-order valence-corrected chi connectivity index (χ1v) is 6.68. The molecule has 0 aliphatic rings. The first-order chi connectivity index (χ1) is 8.38. The number of nitrogens with zero attached hydrogens (tertiary/aromatic N) is 1. The van der Waals surface area contributed by atoms with Crippen LogP contribution in [0.2, 0.25) is 0 Å². The second-order valence-electron chi connectivity index (χ2n) is 3.44. The topological polar surface area (TPSA) is 106 Å². The summed E-state index contributed by atoms with van der Waals surface area (Å²) in [5.74, 6) is -1.13. The molecule has 0 aromatic carbocycles. The van der Waals surface area contributed by atoms with Crippen molar-refractivity contribution in [1.82, 2.24) is 9.71 Å². The van der Waals surface area contributed by atoms with Crippen molar-refractivity contribution in [3.8, 4) is 5.75 Å². The van der Waals surface area contributed by atoms with Gasteiger partial charge in [-0.15, -0.1) is 0 Å². The third kappa shape index (κ3) is 3.41. The van der Waals surface area contributed by atoms with Gasteiger partial charge in [0.15, 0.2) is 0 Å². The lowest BCUT2D eigenvalue weighted by Crippen LogP contribution is -2.38. The van der Waals surface area contributed by atoms with Crippen LogP contribution in [0.4, 0.5) is 0 Å². The standard InChI is InChI=1S/C10H14N2O5S/c1-3-17-8-4-5-11-6-9(8)18(15,16)12-7(2)10(13)14/h4-7,12H,3H2,1-2H3,(H,13,14). The lowest BCUT2D eigenvalue weighted by molar-refractivity contribution is -0.138. The highest BCUT2D eigenvalue weighted by Gasteiger charge is 2.24. The van der Waals surface area contributed by atoms with Gasteiger partial charge >= 0.3 is 5.97 Å². The second-order valence-corrected chi connectivity index (χ2v) is 5.12. The zero-order chi connectivity index (χ0) is 13.8. The maximum absolute atomic E-state index is 11.9. The predicted molar refractivity (Wildman–Crippen MR) is 62.8 cm³/mol. The number of pyridine rings is 1. The SMILES string of the molecule is CCOc1ccncc1S(=O)(=O)NC(C)C(=O)O. The summed E-state index contributed by atoms with van der Waals surface area (Å²) < 4.78 is 31.1. The molecular formula is C10H14N2O5S. The van der Waals surface area contributed by atoms with E-state index in [9.17, 15) is 13.2 Å². The summed E-state index contributed by atoms with van der Waals surface area (Å²) in [7, 11) is -3.98. The van der Waals surface area contributed by atoms with Crippen LogP contribution >= 0.6 is 0 Å². The molecule has 0 radical (unpaired) electrons. The third-order valence-corrected chi connectivity index (χ3v) is 3.59. The molecular weight excluding hydrogens is 260 g/mol. The molecule has 0 spiro atoms. The van der Waals surface area contributed by atoms with Crippen molar-refractivity contribution >= 4 is 16.0 Å². The average Bonchev–Trinajstić information content (AvgIpc) is 2.29. The van der Waals surface area contributed by atoms with Crippen LogP contribution in [0, 0.1) is 0 Å². The van der Waals surface area contributed by atoms with Crippen molar-refractivity contribution in [3.63, 3.8) is 0 Å². The smallest absolute Gasteiger partial charge is 0.321 e. The first kappa shape index (κ1) is 14.4. The van der Waals surface area contributed by atoms with Crippen LogP contribution in [0.3, 0.4) is 0 Å². The number of carbonyl (C=O) groups is 1. The third-order valence-electron chi connectivity index (χ3n) is 2.04. The van der Waals surface area contributed by atoms with E-state index in [1.165, 1.54) is 19.2 Å². The van der Waals surface area contributed by atoms with Crippen LogP contribution in [0.1, 0.15) is 13.8 Å². The molecule has 0 fully saturated rings. The normalized spacial score (nSPS) is 13.0. The summed E-state index contributed by atoms with van der Waals surface area (Å²) in [6.07, 6.45) is 2.51. The van der Waals surface area contributed by atoms with Gasteiger partial charge in [0, 0.05) is 6.20 Å². The van der Waals surface area contributed by atoms with Gasteiger partial charge in [0.25, 0.3) is 0 Å². The Morgan fingerprint density at radius 1 is 1.61 bits per heavy atom. The van der Waals surface area contributed by atoms with Gasteiger partial charge in [0.1, 0.15) is 16.7 Å². The number of rotatable bonds is 6. The van der Waals surface area contributed by atoms with Crippen LogP contribution in [-0.2, 0) is 14.8 Å². The van der Waals surface area contributed by atoms with Crippen LogP contribution in [0.25, 0.3) is 0 Å². The Balaban J connectivity index is 3.08. The zero-order valence-electron chi connectivity index (χ0n) is 9.95. The molecule has 0 saturated carbocycles. The van der Waals surface area contributed by atoms with Gasteiger partial charge in [0.05, 0.1) is 12.8 Å². The fraction of sp³-hybridized carbons (Fsp3) is 0.400. The summed E-state index contributed by atoms with van der Waals surface area (Å²) in [4.78, 5) is 14.2. The number of carboxylic acids is 1. The van der Waals surface area contributed by atoms with E-state index in [0.29, 0.717) is 6.61 Å². The highest BCUT2D eigenvalue weighted by Crippen LogP contribution is 2.22. The first-order valence-electron chi connectivity index (χ1n) is 5.20. The number of nitrogens with one attached hydrogen (secondary N) is 1. The molecule has 1 atom stereocenters. The zero-order valence-corrected chi connectivity index (χ0v) is 10.8. The molecule has 1 unspecified atom stereocenters. The number of aromatic nitrogens is 1. The molecule has 1 aromatic heterocycles. The second kappa shape index (κ2) is 5.78. The van der Waals surface area contributed by atoms with Crippen LogP contribution in [0.15, 0.2) is 23.4 Å². The average molecular weight is 274 g/mol. The summed E-state index contributed by atoms with van der Waals surface area (Å²) >= 11 is 0. The summed E-state index contributed by atoms with van der Waals surface area (Å²) in [5, 5.41) is 8.69. The minimum absolute atomic E-state index is 0.137. The molecule has 0 saturated heterocycles. The van der Waals surface area contributed by atoms with E-state index in [1.54, 1.807) is 6.92 Å². The number of carboxylic acid groups (broad SMARTS) is 1. The molecule has 7 nitrogen and oxygen atoms in total. The molecule has 1 rings (SSSR count). The molecule has 1 aromatic rings. The van der Waals surface area contributed by atoms with E-state index >= 15 is 0 Å². The lowest BCUT2D eigenvalue weighted by Gasteiger charge is -2.13. The molecule has 2 N–H and O–H groups in total. The Morgan fingerprint density at radius 3 is 2.83 bits per heavy atom. The van der Waals surface area contributed by atoms with Gasteiger partial charge in [-0.05, 0) is 19.9 Å². The number of hydrogen-bond acceptors (Lipinski definition) is 5. The van der Waals surface area contributed by atoms with E-state index in [0.717, 1.165) is 6.20 Å². The predicted octanol–water partition coefficient (Wildman–Crippen LogP) is 0.232. The molecule has 18 heavy (non-hydrogen) atoms. The van der Waals surface area contributed by atoms with Gasteiger partial charge in [0.2, 0.25) is 10.0 Å². The minimum atomic E-state index is -3.98. The van der Waals surface area contributed by atoms with Crippen LogP contribution in [-0.4, -0.2) is 37.1 Å². The quantitative estimate of drug-likeness (QED) is 0.769. The van der Waals surface area contributed by atoms with Crippen molar-refractivity contribution in [2.24, 2.45) is 0 Å². The van der Waals surface area contributed by atoms with Crippen LogP contribution < -0.4 is 9.46 Å². The molecule has 1 heterocycles. The van der Waals surface area contributed by atoms with E-state index < -0.39 is 22.0 Å². The Morgan fingerprint density at radius 2 is 2.28 bits per heavy atom. The molecule has 0 aliphatic heterocycles. The monoisotopic (exact) mass is 274 g/mol. The largest absolute Gasteiger partial charge is 0.492 e. The van der Waals surface area contributed by atoms with E-state index in [1.807, 2.05) is 4.72 Å². The van der Waals surface area contributed by atoms with E-state index in [4.69, 9.17) is 9.84 Å². The van der Waals surface area contributed by atoms with Gasteiger partial charge in [-0.3, -0.25) is 9.78 Å². The van der Waals surface area contributed by atoms with Crippen molar-refractivity contribution < 1.29 is 23.1 Å². The van der Waals surface area contributed by atoms with Gasteiger partial charge in [-0.1, -0.05) is 0 Å². The molecule has 0 bridgehead atoms. The molecule has 8 heteroatoms. The number of sulfonamides is 1. The summed E-state index contributed by atoms with van der Waals surface area (Å²) in [6, 6.07) is 0.174. The Bertz CT molecular complexity index is 529. The fourth-order valence-electron chi connectivity index (χ4n) is 1.19. The van der Waals surface area contributed by atoms with Gasteiger partial charge in [-0.2, -0.15) is 4.72 Å². The number of aliphatic carboxylic acids is 1. The number of hydrogen-bond donors (Lipinski definition) is 2. The van der Waals surface area contributed by atoms with E-state index in [2.05, 4.69) is 4.98 Å². The molecule has 0 amide bonds. The maximum Gasteiger partial charge on any atom is 0.321 e. The van der Waals surface area contributed by atoms with Crippen molar-refractivity contribution in [3.05, 3.63) is 18.5 Å². The van der Waals surface area contributed by atoms with Gasteiger partial charge < -0.3 is 9.84 Å². The Hall–Kier alpha value is -1.67. The molecule has 0 aliphatic carbocycles. The number of ether oxygens (including phenoxy) is 1. The fourth-order valence-corrected chi connectivity index (χ4v) is 2.48. The van der Waals surface area contributed by atoms with Crippen molar-refractivity contribution in [2.45, 2.75) is 24.8 Å². The highest BCUT2D eigenvalue weighted by molar-refractivity contribution is 7.89. The van der Waals surface area contributed by atoms with Crippen LogP contribution in [0.5, 0.6) is 5.75 Å². The molecule has 100 valence electrons. The minimum Gasteiger partial charge on any atom is -0.492 e. The lowest BCUT2D eigenvalue weighted by atomic mass is 10.4. The van der Waals surface area contributed by atoms with Gasteiger partial charge in [-0.25, -0.2) is 8.42 Å². The maximum atomic E-state index is 11.9. The summed E-state index contributed by atoms with van der Waals surface area (Å²) in [6.45, 7) is 3.24. The highest BCUT2D eigenvalue weighted by atomic mass is 32.2.